The maximum atomic E-state index is 5.19. The maximum Gasteiger partial charge on any atom is 0.0709 e. The van der Waals surface area contributed by atoms with Gasteiger partial charge < -0.3 is 9.80 Å². The zero-order valence-corrected chi connectivity index (χ0v) is 36.4. The Morgan fingerprint density at radius 3 is 1.43 bits per heavy atom. The largest absolute Gasteiger partial charge is 0.310 e. The molecule has 0 saturated heterocycles. The zero-order valence-electron chi connectivity index (χ0n) is 36.4. The van der Waals surface area contributed by atoms with Crippen LogP contribution in [0, 0.1) is 0 Å². The second kappa shape index (κ2) is 15.5. The molecule has 1 aromatic heterocycles. The van der Waals surface area contributed by atoms with Gasteiger partial charge in [0.15, 0.2) is 0 Å². The van der Waals surface area contributed by atoms with Crippen LogP contribution in [0.2, 0.25) is 0 Å². The van der Waals surface area contributed by atoms with E-state index in [0.29, 0.717) is 0 Å². The fraction of sp³-hybridized carbons (Fsp3) is 0.0484. The van der Waals surface area contributed by atoms with E-state index < -0.39 is 0 Å². The molecule has 0 aliphatic heterocycles. The quantitative estimate of drug-likeness (QED) is 0.152. The van der Waals surface area contributed by atoms with E-state index >= 15 is 0 Å². The third-order valence-corrected chi connectivity index (χ3v) is 13.4. The average Bonchev–Trinajstić information content (AvgIpc) is 3.60. The van der Waals surface area contributed by atoms with E-state index in [0.717, 1.165) is 45.4 Å². The Morgan fingerprint density at radius 1 is 0.338 bits per heavy atom. The van der Waals surface area contributed by atoms with E-state index in [9.17, 15) is 0 Å². The van der Waals surface area contributed by atoms with Gasteiger partial charge in [0.1, 0.15) is 0 Å². The highest BCUT2D eigenvalue weighted by Gasteiger charge is 2.37. The van der Waals surface area contributed by atoms with Crippen LogP contribution in [0.1, 0.15) is 25.0 Å². The van der Waals surface area contributed by atoms with Gasteiger partial charge in [-0.05, 0) is 151 Å². The summed E-state index contributed by atoms with van der Waals surface area (Å²) >= 11 is 0. The predicted octanol–water partition coefficient (Wildman–Crippen LogP) is 17.1. The molecule has 0 unspecified atom stereocenters. The Hall–Kier alpha value is -8.27. The summed E-state index contributed by atoms with van der Waals surface area (Å²) in [5.74, 6) is 0. The summed E-state index contributed by atoms with van der Waals surface area (Å²) < 4.78 is 0. The normalized spacial score (nSPS) is 12.6. The van der Waals surface area contributed by atoms with Crippen molar-refractivity contribution in [1.82, 2.24) is 4.98 Å². The number of nitrogens with zero attached hydrogens (tertiary/aromatic N) is 3. The van der Waals surface area contributed by atoms with Crippen molar-refractivity contribution in [2.24, 2.45) is 0 Å². The van der Waals surface area contributed by atoms with Crippen LogP contribution in [0.25, 0.3) is 65.8 Å². The van der Waals surface area contributed by atoms with Gasteiger partial charge >= 0.3 is 0 Å². The van der Waals surface area contributed by atoms with Gasteiger partial charge in [0.2, 0.25) is 0 Å². The fourth-order valence-electron chi connectivity index (χ4n) is 10.1. The molecule has 0 fully saturated rings. The summed E-state index contributed by atoms with van der Waals surface area (Å²) in [6.07, 6.45) is 2.01. The van der Waals surface area contributed by atoms with Crippen molar-refractivity contribution < 1.29 is 0 Å². The van der Waals surface area contributed by atoms with Crippen molar-refractivity contribution in [2.45, 2.75) is 19.3 Å². The molecular formula is C62H45N3. The first kappa shape index (κ1) is 38.4. The fourth-order valence-corrected chi connectivity index (χ4v) is 10.1. The van der Waals surface area contributed by atoms with Crippen LogP contribution in [-0.2, 0) is 5.41 Å². The third-order valence-electron chi connectivity index (χ3n) is 13.4. The Morgan fingerprint density at radius 2 is 0.831 bits per heavy atom. The highest BCUT2D eigenvalue weighted by Crippen LogP contribution is 2.54. The smallest absolute Gasteiger partial charge is 0.0709 e. The lowest BCUT2D eigenvalue weighted by molar-refractivity contribution is 0.661. The van der Waals surface area contributed by atoms with E-state index in [2.05, 4.69) is 254 Å². The van der Waals surface area contributed by atoms with Crippen molar-refractivity contribution >= 4 is 66.4 Å². The summed E-state index contributed by atoms with van der Waals surface area (Å²) in [5, 5.41) is 7.37. The highest BCUT2D eigenvalue weighted by atomic mass is 15.1. The van der Waals surface area contributed by atoms with Crippen LogP contribution < -0.4 is 9.80 Å². The van der Waals surface area contributed by atoms with Crippen LogP contribution >= 0.6 is 0 Å². The molecule has 65 heavy (non-hydrogen) atoms. The van der Waals surface area contributed by atoms with Gasteiger partial charge in [0.25, 0.3) is 0 Å². The van der Waals surface area contributed by atoms with Crippen LogP contribution in [0.4, 0.5) is 34.1 Å². The van der Waals surface area contributed by atoms with Crippen LogP contribution in [0.3, 0.4) is 0 Å². The van der Waals surface area contributed by atoms with Gasteiger partial charge in [0.05, 0.1) is 17.6 Å². The van der Waals surface area contributed by atoms with Gasteiger partial charge in [-0.3, -0.25) is 4.98 Å². The molecule has 0 radical (unpaired) electrons. The molecule has 1 heterocycles. The molecule has 10 aromatic carbocycles. The zero-order chi connectivity index (χ0) is 43.5. The van der Waals surface area contributed by atoms with Crippen molar-refractivity contribution in [1.29, 1.82) is 0 Å². The SMILES string of the molecule is CC1(C)c2cc(-c3ccc(N(c4ccc5ccccc5c4)c4ccc5ccccc5c4)cc3)ccc2-c2c1cc(-c1ccc(N(c3ccccc3)c3ccccc3)cn1)c1ccccc21. The number of para-hydroxylation sites is 2. The molecule has 0 spiro atoms. The number of pyridine rings is 1. The van der Waals surface area contributed by atoms with Crippen LogP contribution in [0.15, 0.2) is 237 Å². The molecule has 12 rings (SSSR count). The molecule has 0 amide bonds. The van der Waals surface area contributed by atoms with Gasteiger partial charge in [0, 0.05) is 39.4 Å². The molecule has 1 aliphatic rings. The minimum absolute atomic E-state index is 0.236. The minimum atomic E-state index is -0.236. The summed E-state index contributed by atoms with van der Waals surface area (Å²) in [4.78, 5) is 9.82. The van der Waals surface area contributed by atoms with Crippen molar-refractivity contribution in [3.05, 3.63) is 248 Å². The highest BCUT2D eigenvalue weighted by molar-refractivity contribution is 6.09. The molecule has 3 nitrogen and oxygen atoms in total. The topological polar surface area (TPSA) is 19.4 Å². The number of rotatable bonds is 8. The van der Waals surface area contributed by atoms with Gasteiger partial charge in [-0.15, -0.1) is 0 Å². The van der Waals surface area contributed by atoms with Crippen LogP contribution in [-0.4, -0.2) is 4.98 Å². The number of hydrogen-bond acceptors (Lipinski definition) is 3. The maximum absolute atomic E-state index is 5.19. The number of aromatic nitrogens is 1. The Kier molecular flexibility index (Phi) is 9.17. The van der Waals surface area contributed by atoms with Gasteiger partial charge in [-0.2, -0.15) is 0 Å². The standard InChI is InChI=1S/C62H45N3/c1-62(2)58-39-47(44-25-30-50(31-26-44)65(51-32-27-42-15-9-11-17-45(42)37-51)52-33-28-43-16-10-12-18-46(43)38-52)29-35-56(58)61-55-24-14-13-23-54(55)57(40-59(61)62)60-36-34-53(41-63-60)64(48-19-5-3-6-20-48)49-21-7-4-8-22-49/h3-41H,1-2H3. The first-order chi connectivity index (χ1) is 32.0. The number of hydrogen-bond donors (Lipinski definition) is 0. The molecule has 308 valence electrons. The minimum Gasteiger partial charge on any atom is -0.310 e. The van der Waals surface area contributed by atoms with Crippen molar-refractivity contribution in [3.8, 4) is 33.5 Å². The van der Waals surface area contributed by atoms with E-state index in [1.54, 1.807) is 0 Å². The molecule has 3 heteroatoms. The first-order valence-electron chi connectivity index (χ1n) is 22.4. The van der Waals surface area contributed by atoms with Crippen molar-refractivity contribution in [2.75, 3.05) is 9.80 Å². The average molecular weight is 832 g/mol. The molecule has 0 bridgehead atoms. The summed E-state index contributed by atoms with van der Waals surface area (Å²) in [6.45, 7) is 4.75. The molecule has 1 aliphatic carbocycles. The van der Waals surface area contributed by atoms with E-state index in [4.69, 9.17) is 4.98 Å². The van der Waals surface area contributed by atoms with E-state index in [1.165, 1.54) is 65.7 Å². The monoisotopic (exact) mass is 831 g/mol. The van der Waals surface area contributed by atoms with E-state index in [-0.39, 0.29) is 5.41 Å². The first-order valence-corrected chi connectivity index (χ1v) is 22.4. The Balaban J connectivity index is 0.905. The molecule has 0 atom stereocenters. The summed E-state index contributed by atoms with van der Waals surface area (Å²) in [6, 6.07) is 83.5. The molecule has 0 N–H and O–H groups in total. The molecular weight excluding hydrogens is 787 g/mol. The second-order valence-electron chi connectivity index (χ2n) is 17.6. The van der Waals surface area contributed by atoms with E-state index in [1.807, 2.05) is 6.20 Å². The molecule has 0 saturated carbocycles. The second-order valence-corrected chi connectivity index (χ2v) is 17.6. The number of benzene rings is 10. The summed E-state index contributed by atoms with van der Waals surface area (Å²) in [5.41, 5.74) is 16.1. The Bertz CT molecular complexity index is 3440. The lowest BCUT2D eigenvalue weighted by atomic mass is 9.80. The lowest BCUT2D eigenvalue weighted by Gasteiger charge is -2.26. The lowest BCUT2D eigenvalue weighted by Crippen LogP contribution is -2.15. The summed E-state index contributed by atoms with van der Waals surface area (Å²) in [7, 11) is 0. The van der Waals surface area contributed by atoms with Crippen LogP contribution in [0.5, 0.6) is 0 Å². The van der Waals surface area contributed by atoms with Gasteiger partial charge in [-0.25, -0.2) is 0 Å². The number of fused-ring (bicyclic) bond motifs is 7. The third kappa shape index (κ3) is 6.63. The molecule has 11 aromatic rings. The predicted molar refractivity (Wildman–Crippen MR) is 275 cm³/mol. The van der Waals surface area contributed by atoms with Gasteiger partial charge in [-0.1, -0.05) is 159 Å². The Labute approximate surface area is 380 Å². The van der Waals surface area contributed by atoms with Crippen molar-refractivity contribution in [3.63, 3.8) is 0 Å². The number of anilines is 6.